The molecule has 174 valence electrons. The molecule has 3 heterocycles. The van der Waals surface area contributed by atoms with Gasteiger partial charge in [0.05, 0.1) is 30.5 Å². The quantitative estimate of drug-likeness (QED) is 0.329. The summed E-state index contributed by atoms with van der Waals surface area (Å²) in [4.78, 5) is 16.0. The van der Waals surface area contributed by atoms with E-state index < -0.39 is 0 Å². The van der Waals surface area contributed by atoms with Gasteiger partial charge >= 0.3 is 0 Å². The van der Waals surface area contributed by atoms with Crippen molar-refractivity contribution in [2.45, 2.75) is 11.8 Å². The molecule has 2 aromatic heterocycles. The van der Waals surface area contributed by atoms with Crippen LogP contribution < -0.4 is 9.47 Å². The number of thiophene rings is 1. The minimum Gasteiger partial charge on any atom is -0.493 e. The molecule has 1 aliphatic heterocycles. The van der Waals surface area contributed by atoms with Crippen LogP contribution in [0, 0.1) is 0 Å². The molecule has 0 spiro atoms. The van der Waals surface area contributed by atoms with E-state index in [-0.39, 0.29) is 11.3 Å². The Balaban J connectivity index is 1.44. The van der Waals surface area contributed by atoms with Crippen molar-refractivity contribution >= 4 is 29.0 Å². The van der Waals surface area contributed by atoms with E-state index in [9.17, 15) is 4.79 Å². The average molecular weight is 492 g/mol. The van der Waals surface area contributed by atoms with E-state index in [1.54, 1.807) is 37.3 Å². The largest absolute Gasteiger partial charge is 0.493 e. The summed E-state index contributed by atoms with van der Waals surface area (Å²) in [6.07, 6.45) is 2.80. The van der Waals surface area contributed by atoms with E-state index in [2.05, 4.69) is 17.6 Å². The minimum atomic E-state index is -0.0813. The predicted molar refractivity (Wildman–Crippen MR) is 137 cm³/mol. The molecule has 1 aliphatic rings. The molecule has 2 aromatic carbocycles. The highest BCUT2D eigenvalue weighted by Gasteiger charge is 2.35. The molecular weight excluding hydrogens is 466 g/mol. The van der Waals surface area contributed by atoms with Crippen LogP contribution in [0.4, 0.5) is 0 Å². The van der Waals surface area contributed by atoms with Gasteiger partial charge in [0.25, 0.3) is 0 Å². The zero-order valence-corrected chi connectivity index (χ0v) is 20.6. The lowest BCUT2D eigenvalue weighted by atomic mass is 10.1. The molecule has 6 nitrogen and oxygen atoms in total. The van der Waals surface area contributed by atoms with Crippen LogP contribution in [0.3, 0.4) is 0 Å². The lowest BCUT2D eigenvalue weighted by molar-refractivity contribution is -0.128. The highest BCUT2D eigenvalue weighted by atomic mass is 32.2. The van der Waals surface area contributed by atoms with E-state index in [0.717, 1.165) is 33.8 Å². The van der Waals surface area contributed by atoms with Crippen molar-refractivity contribution in [2.24, 2.45) is 0 Å². The normalized spacial score (nSPS) is 15.6. The van der Waals surface area contributed by atoms with E-state index in [0.29, 0.717) is 23.8 Å². The van der Waals surface area contributed by atoms with Crippen molar-refractivity contribution in [1.82, 2.24) is 14.7 Å². The van der Waals surface area contributed by atoms with Gasteiger partial charge in [-0.3, -0.25) is 4.79 Å². The Labute approximate surface area is 207 Å². The van der Waals surface area contributed by atoms with Crippen LogP contribution in [-0.2, 0) is 11.2 Å². The number of hydrogen-bond donors (Lipinski definition) is 0. The first kappa shape index (κ1) is 22.6. The molecule has 0 radical (unpaired) electrons. The van der Waals surface area contributed by atoms with Crippen LogP contribution in [0.2, 0.25) is 0 Å². The number of amides is 1. The third kappa shape index (κ3) is 4.43. The summed E-state index contributed by atoms with van der Waals surface area (Å²) in [7, 11) is 3.26. The molecule has 34 heavy (non-hydrogen) atoms. The van der Waals surface area contributed by atoms with E-state index in [1.165, 1.54) is 0 Å². The minimum absolute atomic E-state index is 0.0813. The predicted octanol–water partition coefficient (Wildman–Crippen LogP) is 5.43. The summed E-state index contributed by atoms with van der Waals surface area (Å²) in [6, 6.07) is 20.1. The van der Waals surface area contributed by atoms with Gasteiger partial charge in [0, 0.05) is 18.3 Å². The molecule has 4 aromatic rings. The molecule has 0 N–H and O–H groups in total. The van der Waals surface area contributed by atoms with Gasteiger partial charge in [0.15, 0.2) is 11.5 Å². The monoisotopic (exact) mass is 491 g/mol. The smallest absolute Gasteiger partial charge is 0.233 e. The van der Waals surface area contributed by atoms with Crippen molar-refractivity contribution in [3.63, 3.8) is 0 Å². The molecule has 8 heteroatoms. The van der Waals surface area contributed by atoms with Gasteiger partial charge in [-0.15, -0.1) is 23.1 Å². The number of thioether (sulfide) groups is 1. The van der Waals surface area contributed by atoms with Gasteiger partial charge in [0.1, 0.15) is 11.1 Å². The zero-order valence-electron chi connectivity index (χ0n) is 19.0. The highest BCUT2D eigenvalue weighted by Crippen LogP contribution is 2.43. The number of para-hydroxylation sites is 1. The fourth-order valence-electron chi connectivity index (χ4n) is 4.12. The highest BCUT2D eigenvalue weighted by molar-refractivity contribution is 8.00. The number of carbonyl (C=O) groups excluding carboxylic acids is 1. The van der Waals surface area contributed by atoms with Crippen molar-refractivity contribution < 1.29 is 14.3 Å². The zero-order chi connectivity index (χ0) is 23.5. The number of ether oxygens (including phenoxy) is 2. The Hall–Kier alpha value is -3.23. The summed E-state index contributed by atoms with van der Waals surface area (Å²) < 4.78 is 12.7. The van der Waals surface area contributed by atoms with Gasteiger partial charge in [-0.1, -0.05) is 30.3 Å². The van der Waals surface area contributed by atoms with Gasteiger partial charge in [-0.05, 0) is 47.7 Å². The number of benzene rings is 2. The number of rotatable bonds is 8. The summed E-state index contributed by atoms with van der Waals surface area (Å²) >= 11 is 3.33. The lowest BCUT2D eigenvalue weighted by Gasteiger charge is -2.24. The first-order valence-corrected chi connectivity index (χ1v) is 12.9. The molecule has 0 saturated carbocycles. The van der Waals surface area contributed by atoms with Crippen LogP contribution in [0.5, 0.6) is 11.5 Å². The fourth-order valence-corrected chi connectivity index (χ4v) is 6.08. The van der Waals surface area contributed by atoms with E-state index in [1.807, 2.05) is 64.2 Å². The second-order valence-electron chi connectivity index (χ2n) is 7.88. The number of methoxy groups -OCH3 is 2. The second kappa shape index (κ2) is 9.95. The summed E-state index contributed by atoms with van der Waals surface area (Å²) in [5.74, 6) is 2.02. The number of aromatic nitrogens is 2. The topological polar surface area (TPSA) is 56.6 Å². The Morgan fingerprint density at radius 3 is 2.59 bits per heavy atom. The van der Waals surface area contributed by atoms with Gasteiger partial charge in [-0.2, -0.15) is 5.10 Å². The van der Waals surface area contributed by atoms with E-state index in [4.69, 9.17) is 14.6 Å². The van der Waals surface area contributed by atoms with Crippen LogP contribution >= 0.6 is 23.1 Å². The maximum Gasteiger partial charge on any atom is 0.233 e. The molecule has 0 aliphatic carbocycles. The van der Waals surface area contributed by atoms with Crippen molar-refractivity contribution in [3.8, 4) is 27.8 Å². The van der Waals surface area contributed by atoms with Crippen molar-refractivity contribution in [3.05, 3.63) is 83.4 Å². The molecular formula is C26H25N3O3S2. The third-order valence-corrected chi connectivity index (χ3v) is 7.96. The number of hydrogen-bond acceptors (Lipinski definition) is 6. The van der Waals surface area contributed by atoms with Crippen LogP contribution in [-0.4, -0.2) is 47.1 Å². The first-order valence-electron chi connectivity index (χ1n) is 11.0. The van der Waals surface area contributed by atoms with E-state index >= 15 is 0 Å². The molecule has 1 unspecified atom stereocenters. The Kier molecular flexibility index (Phi) is 6.60. The Morgan fingerprint density at radius 2 is 1.85 bits per heavy atom. The fraction of sp³-hybridized carbons (Fsp3) is 0.231. The Morgan fingerprint density at radius 1 is 1.03 bits per heavy atom. The lowest BCUT2D eigenvalue weighted by Crippen LogP contribution is -2.30. The molecule has 1 saturated heterocycles. The maximum atomic E-state index is 12.9. The van der Waals surface area contributed by atoms with Crippen molar-refractivity contribution in [2.75, 3.05) is 26.5 Å². The van der Waals surface area contributed by atoms with Gasteiger partial charge < -0.3 is 14.4 Å². The standard InChI is InChI=1S/C26H25N3O3S2/c1-31-21-11-10-18(15-22(21)32-2)12-13-28-24(30)17-34-26(28)20-16-29(19-7-4-3-5-8-19)27-25(20)23-9-6-14-33-23/h3-11,14-16,26H,12-13,17H2,1-2H3. The third-order valence-electron chi connectivity index (χ3n) is 5.84. The van der Waals surface area contributed by atoms with Gasteiger partial charge in [0.2, 0.25) is 5.91 Å². The summed E-state index contributed by atoms with van der Waals surface area (Å²) in [5, 5.41) is 6.91. The summed E-state index contributed by atoms with van der Waals surface area (Å²) in [6.45, 7) is 0.617. The van der Waals surface area contributed by atoms with Crippen LogP contribution in [0.15, 0.2) is 72.2 Å². The molecule has 5 rings (SSSR count). The molecule has 1 fully saturated rings. The number of nitrogens with zero attached hydrogens (tertiary/aromatic N) is 3. The van der Waals surface area contributed by atoms with Crippen LogP contribution in [0.25, 0.3) is 16.3 Å². The number of carbonyl (C=O) groups is 1. The molecule has 1 atom stereocenters. The second-order valence-corrected chi connectivity index (χ2v) is 9.90. The summed E-state index contributed by atoms with van der Waals surface area (Å²) in [5.41, 5.74) is 4.09. The van der Waals surface area contributed by atoms with Gasteiger partial charge in [-0.25, -0.2) is 4.68 Å². The Bertz CT molecular complexity index is 1270. The average Bonchev–Trinajstić information content (AvgIpc) is 3.63. The maximum absolute atomic E-state index is 12.9. The SMILES string of the molecule is COc1ccc(CCN2C(=O)CSC2c2cn(-c3ccccc3)nc2-c2cccs2)cc1OC. The first-order chi connectivity index (χ1) is 16.7. The van der Waals surface area contributed by atoms with Crippen LogP contribution in [0.1, 0.15) is 16.5 Å². The molecule has 0 bridgehead atoms. The molecule has 1 amide bonds. The van der Waals surface area contributed by atoms with Crippen molar-refractivity contribution in [1.29, 1.82) is 0 Å².